The van der Waals surface area contributed by atoms with Crippen LogP contribution in [-0.4, -0.2) is 126 Å². The third kappa shape index (κ3) is 8.43. The summed E-state index contributed by atoms with van der Waals surface area (Å²) in [6.45, 7) is 2.31. The van der Waals surface area contributed by atoms with Crippen molar-refractivity contribution in [2.24, 2.45) is 7.05 Å². The first-order chi connectivity index (χ1) is 36.3. The number of amides is 2. The predicted octanol–water partition coefficient (Wildman–Crippen LogP) is 7.02. The topological polar surface area (TPSA) is 159 Å². The second kappa shape index (κ2) is 18.7. The van der Waals surface area contributed by atoms with Gasteiger partial charge in [0.2, 0.25) is 11.8 Å². The molecule has 2 amide bonds. The van der Waals surface area contributed by atoms with Gasteiger partial charge in [-0.15, -0.1) is 0 Å². The van der Waals surface area contributed by atoms with Crippen molar-refractivity contribution < 1.29 is 22.8 Å². The molecular weight excluding hydrogens is 964 g/mol. The molecule has 2 saturated heterocycles. The molecule has 0 radical (unpaired) electrons. The zero-order chi connectivity index (χ0) is 51.7. The van der Waals surface area contributed by atoms with Gasteiger partial charge in [-0.05, 0) is 91.5 Å². The van der Waals surface area contributed by atoms with Crippen LogP contribution in [0.25, 0.3) is 77.5 Å². The third-order valence-electron chi connectivity index (χ3n) is 14.9. The SMILES string of the molecule is CN1CCN(C(=O)Cn2c(=O)n(-c3ccc(-c4cncc5c4cnn5C)cc3)c3ccc(Cn4ncc5c(-c6ccc(-n7c(=O)n(CC(=O)N8CCCCC8C(F)(F)F)c8ccccc87)cc6)cncc54)cc32)CC1. The lowest BCUT2D eigenvalue weighted by molar-refractivity contribution is -0.196. The predicted molar refractivity (Wildman–Crippen MR) is 278 cm³/mol. The van der Waals surface area contributed by atoms with Crippen LogP contribution >= 0.6 is 0 Å². The zero-order valence-electron chi connectivity index (χ0n) is 41.1. The maximum atomic E-state index is 14.6. The van der Waals surface area contributed by atoms with Gasteiger partial charge in [0, 0.05) is 74.1 Å². The molecule has 0 saturated carbocycles. The Hall–Kier alpha value is -8.65. The smallest absolute Gasteiger partial charge is 0.339 e. The van der Waals surface area contributed by atoms with E-state index in [1.807, 2.05) is 90.7 Å². The molecule has 0 spiro atoms. The number of aryl methyl sites for hydroxylation is 1. The van der Waals surface area contributed by atoms with Gasteiger partial charge in [0.25, 0.3) is 0 Å². The summed E-state index contributed by atoms with van der Waals surface area (Å²) in [4.78, 5) is 70.0. The molecule has 12 rings (SSSR count). The lowest BCUT2D eigenvalue weighted by Crippen LogP contribution is -2.52. The Morgan fingerprint density at radius 2 is 1.16 bits per heavy atom. The van der Waals surface area contributed by atoms with Crippen molar-refractivity contribution in [2.75, 3.05) is 39.8 Å². The van der Waals surface area contributed by atoms with E-state index in [2.05, 4.69) is 20.0 Å². The molecule has 0 bridgehead atoms. The van der Waals surface area contributed by atoms with Gasteiger partial charge in [-0.1, -0.05) is 42.5 Å². The summed E-state index contributed by atoms with van der Waals surface area (Å²) in [5.41, 5.74) is 8.38. The highest BCUT2D eigenvalue weighted by Gasteiger charge is 2.46. The number of carbonyl (C=O) groups is 2. The second-order valence-electron chi connectivity index (χ2n) is 19.4. The normalized spacial score (nSPS) is 15.8. The van der Waals surface area contributed by atoms with Crippen LogP contribution in [0.2, 0.25) is 0 Å². The first-order valence-electron chi connectivity index (χ1n) is 24.8. The van der Waals surface area contributed by atoms with E-state index in [9.17, 15) is 32.3 Å². The van der Waals surface area contributed by atoms with Crippen molar-refractivity contribution in [1.82, 2.24) is 62.5 Å². The van der Waals surface area contributed by atoms with E-state index in [4.69, 9.17) is 5.10 Å². The largest absolute Gasteiger partial charge is 0.408 e. The number of aromatic nitrogens is 10. The summed E-state index contributed by atoms with van der Waals surface area (Å²) in [6.07, 6.45) is 6.78. The molecule has 75 heavy (non-hydrogen) atoms. The number of likely N-dealkylation sites (tertiary alicyclic amines) is 1. The Labute approximate surface area is 425 Å². The highest BCUT2D eigenvalue weighted by molar-refractivity contribution is 5.95. The number of carbonyl (C=O) groups excluding carboxylic acids is 2. The number of piperazine rings is 1. The Bertz CT molecular complexity index is 3970. The Balaban J connectivity index is 0.843. The number of alkyl halides is 3. The highest BCUT2D eigenvalue weighted by atomic mass is 19.4. The number of rotatable bonds is 10. The van der Waals surface area contributed by atoms with Gasteiger partial charge >= 0.3 is 17.6 Å². The molecule has 380 valence electrons. The second-order valence-corrected chi connectivity index (χ2v) is 19.4. The number of benzene rings is 4. The van der Waals surface area contributed by atoms with E-state index in [1.165, 1.54) is 9.13 Å². The molecule has 1 unspecified atom stereocenters. The molecule has 20 heteroatoms. The van der Waals surface area contributed by atoms with Crippen LogP contribution in [0, 0.1) is 0 Å². The molecule has 4 aromatic carbocycles. The molecule has 2 fully saturated rings. The van der Waals surface area contributed by atoms with Gasteiger partial charge in [0.1, 0.15) is 19.1 Å². The first-order valence-corrected chi connectivity index (χ1v) is 24.8. The molecule has 0 N–H and O–H groups in total. The maximum absolute atomic E-state index is 14.6. The third-order valence-corrected chi connectivity index (χ3v) is 14.9. The molecule has 17 nitrogen and oxygen atoms in total. The van der Waals surface area contributed by atoms with E-state index in [1.54, 1.807) is 75.0 Å². The molecule has 8 heterocycles. The van der Waals surface area contributed by atoms with Gasteiger partial charge in [-0.2, -0.15) is 23.4 Å². The lowest BCUT2D eigenvalue weighted by Gasteiger charge is -2.36. The van der Waals surface area contributed by atoms with Crippen LogP contribution in [0.4, 0.5) is 13.2 Å². The monoisotopic (exact) mass is 1010 g/mol. The number of para-hydroxylation sites is 2. The fourth-order valence-electron chi connectivity index (χ4n) is 10.9. The number of likely N-dealkylation sites (N-methyl/N-ethyl adjacent to an activating group) is 1. The summed E-state index contributed by atoms with van der Waals surface area (Å²) in [6, 6.07) is 25.9. The van der Waals surface area contributed by atoms with Gasteiger partial charge in [0.15, 0.2) is 0 Å². The number of hydrogen-bond acceptors (Lipinski definition) is 9. The molecule has 2 aliphatic heterocycles. The summed E-state index contributed by atoms with van der Waals surface area (Å²) < 4.78 is 51.4. The van der Waals surface area contributed by atoms with Crippen molar-refractivity contribution in [3.8, 4) is 33.6 Å². The van der Waals surface area contributed by atoms with E-state index in [0.29, 0.717) is 65.9 Å². The Morgan fingerprint density at radius 1 is 0.587 bits per heavy atom. The van der Waals surface area contributed by atoms with Crippen LogP contribution in [0.3, 0.4) is 0 Å². The maximum Gasteiger partial charge on any atom is 0.408 e. The number of halogens is 3. The van der Waals surface area contributed by atoms with Gasteiger partial charge in [-0.3, -0.25) is 47.2 Å². The minimum absolute atomic E-state index is 0.0187. The van der Waals surface area contributed by atoms with Crippen LogP contribution in [0.15, 0.2) is 138 Å². The fourth-order valence-corrected chi connectivity index (χ4v) is 10.9. The quantitative estimate of drug-likeness (QED) is 0.140. The van der Waals surface area contributed by atoms with Gasteiger partial charge < -0.3 is 14.7 Å². The molecule has 2 aliphatic rings. The van der Waals surface area contributed by atoms with E-state index >= 15 is 0 Å². The van der Waals surface area contributed by atoms with Crippen molar-refractivity contribution >= 4 is 55.7 Å². The van der Waals surface area contributed by atoms with E-state index < -0.39 is 30.4 Å². The van der Waals surface area contributed by atoms with Crippen LogP contribution < -0.4 is 11.4 Å². The minimum atomic E-state index is -4.56. The average Bonchev–Trinajstić information content (AvgIpc) is 4.17. The van der Waals surface area contributed by atoms with Crippen molar-refractivity contribution in [3.63, 3.8) is 0 Å². The van der Waals surface area contributed by atoms with E-state index in [-0.39, 0.29) is 31.1 Å². The number of hydrogen-bond donors (Lipinski definition) is 0. The minimum Gasteiger partial charge on any atom is -0.339 e. The summed E-state index contributed by atoms with van der Waals surface area (Å²) in [5.74, 6) is -0.880. The Morgan fingerprint density at radius 3 is 1.81 bits per heavy atom. The first kappa shape index (κ1) is 47.4. The van der Waals surface area contributed by atoms with Crippen molar-refractivity contribution in [3.05, 3.63) is 155 Å². The Kier molecular flexibility index (Phi) is 11.8. The fraction of sp³-hybridized carbons (Fsp3) is 0.273. The standard InChI is InChI=1S/C55H50F3N13O4/c1-63-21-23-65(24-22-63)51(72)33-68-47-25-35(10-19-46(47)71(54(68)75)39-17-11-36(12-18-39)40-26-59-30-48-42(40)28-61-64(48)2)32-69-49-31-60-27-41(43(49)29-62-69)37-13-15-38(16-14-37)70-45-8-4-3-7-44(45)67(53(70)74)34-52(73)66-20-6-5-9-50(66)55(56,57)58/h3-4,7-8,10-19,25-31,50H,5-6,9,20-24,32-34H2,1-2H3. The number of pyridine rings is 2. The zero-order valence-corrected chi connectivity index (χ0v) is 41.1. The molecule has 10 aromatic rings. The lowest BCUT2D eigenvalue weighted by atomic mass is 10.0. The number of piperidine rings is 1. The van der Waals surface area contributed by atoms with Crippen LogP contribution in [-0.2, 0) is 36.3 Å². The van der Waals surface area contributed by atoms with E-state index in [0.717, 1.165) is 67.6 Å². The summed E-state index contributed by atoms with van der Waals surface area (Å²) in [5, 5.41) is 11.0. The molecular formula is C55H50F3N13O4. The summed E-state index contributed by atoms with van der Waals surface area (Å²) >= 11 is 0. The van der Waals surface area contributed by atoms with Gasteiger partial charge in [0.05, 0.1) is 75.8 Å². The summed E-state index contributed by atoms with van der Waals surface area (Å²) in [7, 11) is 3.90. The number of nitrogens with zero attached hydrogens (tertiary/aromatic N) is 13. The van der Waals surface area contributed by atoms with Crippen LogP contribution in [0.1, 0.15) is 24.8 Å². The molecule has 6 aromatic heterocycles. The molecule has 0 aliphatic carbocycles. The van der Waals surface area contributed by atoms with Crippen molar-refractivity contribution in [2.45, 2.75) is 51.1 Å². The number of imidazole rings is 2. The number of fused-ring (bicyclic) bond motifs is 4. The van der Waals surface area contributed by atoms with Crippen LogP contribution in [0.5, 0.6) is 0 Å². The average molecular weight is 1010 g/mol. The highest BCUT2D eigenvalue weighted by Crippen LogP contribution is 2.34. The molecule has 1 atom stereocenters. The van der Waals surface area contributed by atoms with Crippen molar-refractivity contribution in [1.29, 1.82) is 0 Å². The van der Waals surface area contributed by atoms with Gasteiger partial charge in [-0.25, -0.2) is 9.59 Å².